The van der Waals surface area contributed by atoms with Crippen molar-refractivity contribution in [1.29, 1.82) is 0 Å². The molecule has 0 bridgehead atoms. The number of urea groups is 1. The van der Waals surface area contributed by atoms with Crippen molar-refractivity contribution in [2.24, 2.45) is 0 Å². The van der Waals surface area contributed by atoms with Gasteiger partial charge < -0.3 is 26.2 Å². The van der Waals surface area contributed by atoms with Gasteiger partial charge in [-0.25, -0.2) is 4.79 Å². The number of carbonyl (C=O) groups is 2. The average Bonchev–Trinajstić information content (AvgIpc) is 2.87. The van der Waals surface area contributed by atoms with E-state index in [1.165, 1.54) is 5.56 Å². The van der Waals surface area contributed by atoms with Crippen molar-refractivity contribution in [1.82, 2.24) is 4.90 Å². The van der Waals surface area contributed by atoms with Crippen molar-refractivity contribution in [2.45, 2.75) is 26.2 Å². The molecule has 0 spiro atoms. The molecular formula is C28H33N5O2. The number of nitrogen functional groups attached to an aromatic ring is 1. The maximum Gasteiger partial charge on any atom is 0.321 e. The molecule has 0 aromatic heterocycles. The molecule has 0 unspecified atom stereocenters. The topological polar surface area (TPSA) is 90.7 Å². The van der Waals surface area contributed by atoms with Crippen LogP contribution in [0.2, 0.25) is 0 Å². The van der Waals surface area contributed by atoms with E-state index in [2.05, 4.69) is 27.7 Å². The average molecular weight is 472 g/mol. The number of anilines is 4. The number of nitrogens with zero attached hydrogens (tertiary/aromatic N) is 2. The summed E-state index contributed by atoms with van der Waals surface area (Å²) in [6.45, 7) is 4.71. The Morgan fingerprint density at radius 1 is 0.886 bits per heavy atom. The van der Waals surface area contributed by atoms with E-state index in [9.17, 15) is 9.59 Å². The molecule has 4 rings (SSSR count). The minimum absolute atomic E-state index is 0.0321. The molecule has 182 valence electrons. The molecule has 4 N–H and O–H groups in total. The first-order valence-electron chi connectivity index (χ1n) is 12.1. The largest absolute Gasteiger partial charge is 0.399 e. The van der Waals surface area contributed by atoms with Crippen LogP contribution in [-0.2, 0) is 11.2 Å². The molecule has 1 aliphatic rings. The summed E-state index contributed by atoms with van der Waals surface area (Å²) < 4.78 is 0. The van der Waals surface area contributed by atoms with Gasteiger partial charge in [0.2, 0.25) is 5.91 Å². The minimum atomic E-state index is -0.0946. The van der Waals surface area contributed by atoms with Gasteiger partial charge in [-0.3, -0.25) is 4.79 Å². The van der Waals surface area contributed by atoms with E-state index in [0.29, 0.717) is 25.2 Å². The van der Waals surface area contributed by atoms with Crippen LogP contribution in [-0.4, -0.2) is 43.0 Å². The van der Waals surface area contributed by atoms with Crippen molar-refractivity contribution in [3.05, 3.63) is 83.9 Å². The number of aryl methyl sites for hydroxylation is 2. The SMILES string of the molecule is Cc1cc(N)ccc1NC(=O)N1CCN(c2ccc(NC(=O)CCCc3ccccc3)cc2)CC1. The highest BCUT2D eigenvalue weighted by molar-refractivity contribution is 5.91. The summed E-state index contributed by atoms with van der Waals surface area (Å²) in [5.41, 5.74) is 11.3. The molecule has 0 radical (unpaired) electrons. The van der Waals surface area contributed by atoms with Crippen LogP contribution >= 0.6 is 0 Å². The Bertz CT molecular complexity index is 1140. The highest BCUT2D eigenvalue weighted by atomic mass is 16.2. The van der Waals surface area contributed by atoms with Crippen molar-refractivity contribution < 1.29 is 9.59 Å². The number of hydrogen-bond acceptors (Lipinski definition) is 4. The lowest BCUT2D eigenvalue weighted by atomic mass is 10.1. The van der Waals surface area contributed by atoms with Crippen molar-refractivity contribution >= 4 is 34.7 Å². The van der Waals surface area contributed by atoms with Crippen LogP contribution in [0.15, 0.2) is 72.8 Å². The Balaban J connectivity index is 1.21. The van der Waals surface area contributed by atoms with E-state index in [1.54, 1.807) is 6.07 Å². The summed E-state index contributed by atoms with van der Waals surface area (Å²) in [7, 11) is 0. The molecule has 1 aliphatic heterocycles. The van der Waals surface area contributed by atoms with Gasteiger partial charge in [0.15, 0.2) is 0 Å². The second-order valence-corrected chi connectivity index (χ2v) is 8.91. The molecule has 3 amide bonds. The predicted molar refractivity (Wildman–Crippen MR) is 143 cm³/mol. The molecule has 1 fully saturated rings. The van der Waals surface area contributed by atoms with Gasteiger partial charge in [0, 0.05) is 55.3 Å². The molecule has 7 nitrogen and oxygen atoms in total. The van der Waals surface area contributed by atoms with E-state index < -0.39 is 0 Å². The molecule has 0 aliphatic carbocycles. The third kappa shape index (κ3) is 6.76. The van der Waals surface area contributed by atoms with Gasteiger partial charge >= 0.3 is 6.03 Å². The lowest BCUT2D eigenvalue weighted by molar-refractivity contribution is -0.116. The highest BCUT2D eigenvalue weighted by Crippen LogP contribution is 2.21. The third-order valence-electron chi connectivity index (χ3n) is 6.29. The molecule has 3 aromatic rings. The Labute approximate surface area is 206 Å². The van der Waals surface area contributed by atoms with Crippen LogP contribution in [0.3, 0.4) is 0 Å². The van der Waals surface area contributed by atoms with Crippen LogP contribution in [0.1, 0.15) is 24.0 Å². The predicted octanol–water partition coefficient (Wildman–Crippen LogP) is 4.89. The van der Waals surface area contributed by atoms with Gasteiger partial charge in [-0.1, -0.05) is 30.3 Å². The molecular weight excluding hydrogens is 438 g/mol. The van der Waals surface area contributed by atoms with E-state index in [0.717, 1.165) is 48.6 Å². The zero-order valence-electron chi connectivity index (χ0n) is 20.2. The monoisotopic (exact) mass is 471 g/mol. The Kier molecular flexibility index (Phi) is 7.88. The van der Waals surface area contributed by atoms with Crippen LogP contribution in [0.5, 0.6) is 0 Å². The lowest BCUT2D eigenvalue weighted by Gasteiger charge is -2.36. The zero-order chi connectivity index (χ0) is 24.6. The van der Waals surface area contributed by atoms with Crippen molar-refractivity contribution in [2.75, 3.05) is 47.4 Å². The summed E-state index contributed by atoms with van der Waals surface area (Å²) in [4.78, 5) is 29.0. The number of amides is 3. The fourth-order valence-corrected chi connectivity index (χ4v) is 4.27. The fraction of sp³-hybridized carbons (Fsp3) is 0.286. The second-order valence-electron chi connectivity index (χ2n) is 8.91. The molecule has 1 heterocycles. The molecule has 1 saturated heterocycles. The molecule has 0 saturated carbocycles. The second kappa shape index (κ2) is 11.4. The Morgan fingerprint density at radius 2 is 1.60 bits per heavy atom. The number of nitrogens with two attached hydrogens (primary N) is 1. The van der Waals surface area contributed by atoms with Crippen LogP contribution in [0.4, 0.5) is 27.5 Å². The molecule has 7 heteroatoms. The van der Waals surface area contributed by atoms with Gasteiger partial charge in [0.05, 0.1) is 0 Å². The quantitative estimate of drug-likeness (QED) is 0.428. The van der Waals surface area contributed by atoms with Crippen LogP contribution < -0.4 is 21.3 Å². The van der Waals surface area contributed by atoms with Crippen molar-refractivity contribution in [3.8, 4) is 0 Å². The summed E-state index contributed by atoms with van der Waals surface area (Å²) in [6.07, 6.45) is 2.22. The third-order valence-corrected chi connectivity index (χ3v) is 6.29. The number of benzene rings is 3. The van der Waals surface area contributed by atoms with Gasteiger partial charge in [0.25, 0.3) is 0 Å². The number of carbonyl (C=O) groups excluding carboxylic acids is 2. The molecule has 35 heavy (non-hydrogen) atoms. The van der Waals surface area contributed by atoms with Gasteiger partial charge in [-0.2, -0.15) is 0 Å². The highest BCUT2D eigenvalue weighted by Gasteiger charge is 2.21. The van der Waals surface area contributed by atoms with Gasteiger partial charge in [-0.05, 0) is 73.4 Å². The van der Waals surface area contributed by atoms with Crippen LogP contribution in [0.25, 0.3) is 0 Å². The summed E-state index contributed by atoms with van der Waals surface area (Å²) in [5, 5.41) is 5.97. The van der Waals surface area contributed by atoms with Crippen molar-refractivity contribution in [3.63, 3.8) is 0 Å². The number of hydrogen-bond donors (Lipinski definition) is 3. The van der Waals surface area contributed by atoms with Gasteiger partial charge in [-0.15, -0.1) is 0 Å². The van der Waals surface area contributed by atoms with E-state index in [1.807, 2.05) is 66.4 Å². The van der Waals surface area contributed by atoms with E-state index in [-0.39, 0.29) is 11.9 Å². The minimum Gasteiger partial charge on any atom is -0.399 e. The first-order valence-corrected chi connectivity index (χ1v) is 12.1. The molecule has 3 aromatic carbocycles. The summed E-state index contributed by atoms with van der Waals surface area (Å²) in [5.74, 6) is 0.0321. The Morgan fingerprint density at radius 3 is 2.29 bits per heavy atom. The summed E-state index contributed by atoms with van der Waals surface area (Å²) >= 11 is 0. The fourth-order valence-electron chi connectivity index (χ4n) is 4.27. The molecule has 0 atom stereocenters. The van der Waals surface area contributed by atoms with Crippen LogP contribution in [0, 0.1) is 6.92 Å². The van der Waals surface area contributed by atoms with E-state index >= 15 is 0 Å². The summed E-state index contributed by atoms with van der Waals surface area (Å²) in [6, 6.07) is 23.5. The number of rotatable bonds is 7. The zero-order valence-corrected chi connectivity index (χ0v) is 20.2. The maximum absolute atomic E-state index is 12.7. The lowest BCUT2D eigenvalue weighted by Crippen LogP contribution is -2.50. The maximum atomic E-state index is 12.7. The first-order chi connectivity index (χ1) is 17.0. The number of nitrogens with one attached hydrogen (secondary N) is 2. The standard InChI is InChI=1S/C28H33N5O2/c1-21-20-23(29)10-15-26(21)31-28(35)33-18-16-32(17-19-33)25-13-11-24(12-14-25)30-27(34)9-5-8-22-6-3-2-4-7-22/h2-4,6-7,10-15,20H,5,8-9,16-19,29H2,1H3,(H,30,34)(H,31,35). The van der Waals surface area contributed by atoms with E-state index in [4.69, 9.17) is 5.73 Å². The number of piperazine rings is 1. The van der Waals surface area contributed by atoms with Gasteiger partial charge in [0.1, 0.15) is 0 Å². The first kappa shape index (κ1) is 24.1. The Hall–Kier alpha value is -4.00. The smallest absolute Gasteiger partial charge is 0.321 e. The normalized spacial score (nSPS) is 13.4.